The van der Waals surface area contributed by atoms with Gasteiger partial charge >= 0.3 is 0 Å². The highest BCUT2D eigenvalue weighted by molar-refractivity contribution is 7.13. The first-order valence-corrected chi connectivity index (χ1v) is 9.14. The lowest BCUT2D eigenvalue weighted by atomic mass is 10.1. The predicted molar refractivity (Wildman–Crippen MR) is 103 cm³/mol. The van der Waals surface area contributed by atoms with Crippen LogP contribution < -0.4 is 14.8 Å². The summed E-state index contributed by atoms with van der Waals surface area (Å²) in [7, 11) is 3.13. The number of nitrogens with one attached hydrogen (secondary N) is 1. The van der Waals surface area contributed by atoms with E-state index in [4.69, 9.17) is 9.47 Å². The molecule has 0 aliphatic heterocycles. The van der Waals surface area contributed by atoms with Gasteiger partial charge in [-0.15, -0.1) is 11.3 Å². The molecular weight excluding hydrogens is 367 g/mol. The van der Waals surface area contributed by atoms with Crippen LogP contribution in [0.3, 0.4) is 0 Å². The molecule has 1 amide bonds. The Labute approximate surface area is 160 Å². The largest absolute Gasteiger partial charge is 0.493 e. The van der Waals surface area contributed by atoms with E-state index in [9.17, 15) is 9.18 Å². The van der Waals surface area contributed by atoms with Crippen LogP contribution in [-0.4, -0.2) is 25.1 Å². The summed E-state index contributed by atoms with van der Waals surface area (Å²) in [5.41, 5.74) is 1.54. The molecule has 0 fully saturated rings. The number of carbonyl (C=O) groups is 1. The SMILES string of the molecule is COc1ccc(-c2nc(C(=O)NC(C)c3ccccc3F)cs2)cc1OC. The molecule has 3 aromatic rings. The average molecular weight is 386 g/mol. The molecule has 1 heterocycles. The summed E-state index contributed by atoms with van der Waals surface area (Å²) in [6, 6.07) is 11.3. The molecule has 0 aliphatic carbocycles. The Kier molecular flexibility index (Phi) is 5.71. The molecule has 1 unspecified atom stereocenters. The average Bonchev–Trinajstić information content (AvgIpc) is 3.18. The summed E-state index contributed by atoms with van der Waals surface area (Å²) in [5.74, 6) is 0.502. The number of amides is 1. The summed E-state index contributed by atoms with van der Waals surface area (Å²) in [4.78, 5) is 16.9. The van der Waals surface area contributed by atoms with Crippen LogP contribution in [-0.2, 0) is 0 Å². The highest BCUT2D eigenvalue weighted by atomic mass is 32.1. The molecule has 1 aromatic heterocycles. The van der Waals surface area contributed by atoms with Crippen molar-refractivity contribution < 1.29 is 18.7 Å². The Morgan fingerprint density at radius 1 is 1.15 bits per heavy atom. The number of ether oxygens (including phenoxy) is 2. The third-order valence-electron chi connectivity index (χ3n) is 4.09. The number of aromatic nitrogens is 1. The smallest absolute Gasteiger partial charge is 0.271 e. The minimum atomic E-state index is -0.468. The van der Waals surface area contributed by atoms with Crippen LogP contribution in [0, 0.1) is 5.82 Å². The molecule has 2 aromatic carbocycles. The predicted octanol–water partition coefficient (Wildman–Crippen LogP) is 4.46. The topological polar surface area (TPSA) is 60.5 Å². The minimum Gasteiger partial charge on any atom is -0.493 e. The van der Waals surface area contributed by atoms with Gasteiger partial charge in [-0.25, -0.2) is 9.37 Å². The van der Waals surface area contributed by atoms with E-state index in [2.05, 4.69) is 10.3 Å². The third kappa shape index (κ3) is 4.09. The lowest BCUT2D eigenvalue weighted by Crippen LogP contribution is -2.27. The van der Waals surface area contributed by atoms with Gasteiger partial charge in [0.15, 0.2) is 11.5 Å². The van der Waals surface area contributed by atoms with Gasteiger partial charge in [-0.05, 0) is 31.2 Å². The van der Waals surface area contributed by atoms with Crippen LogP contribution in [0.4, 0.5) is 4.39 Å². The van der Waals surface area contributed by atoms with Gasteiger partial charge in [-0.1, -0.05) is 18.2 Å². The van der Waals surface area contributed by atoms with E-state index in [1.54, 1.807) is 56.9 Å². The molecular formula is C20H19FN2O3S. The maximum absolute atomic E-state index is 13.9. The minimum absolute atomic E-state index is 0.285. The van der Waals surface area contributed by atoms with E-state index in [-0.39, 0.29) is 17.4 Å². The number of thiazole rings is 1. The molecule has 0 spiro atoms. The third-order valence-corrected chi connectivity index (χ3v) is 4.98. The first-order chi connectivity index (χ1) is 13.0. The van der Waals surface area contributed by atoms with E-state index in [0.717, 1.165) is 5.56 Å². The Bertz CT molecular complexity index is 958. The second kappa shape index (κ2) is 8.18. The summed E-state index contributed by atoms with van der Waals surface area (Å²) in [5, 5.41) is 5.14. The molecule has 0 saturated carbocycles. The molecule has 0 radical (unpaired) electrons. The molecule has 140 valence electrons. The number of hydrogen-bond acceptors (Lipinski definition) is 5. The van der Waals surface area contributed by atoms with E-state index < -0.39 is 6.04 Å². The number of benzene rings is 2. The first-order valence-electron chi connectivity index (χ1n) is 8.26. The summed E-state index contributed by atoms with van der Waals surface area (Å²) in [6.07, 6.45) is 0. The fourth-order valence-corrected chi connectivity index (χ4v) is 3.45. The lowest BCUT2D eigenvalue weighted by Gasteiger charge is -2.14. The summed E-state index contributed by atoms with van der Waals surface area (Å²) >= 11 is 1.35. The van der Waals surface area contributed by atoms with Crippen LogP contribution in [0.1, 0.15) is 29.0 Å². The van der Waals surface area contributed by atoms with Crippen molar-refractivity contribution in [1.82, 2.24) is 10.3 Å². The van der Waals surface area contributed by atoms with Gasteiger partial charge in [-0.3, -0.25) is 4.79 Å². The van der Waals surface area contributed by atoms with E-state index >= 15 is 0 Å². The Balaban J connectivity index is 1.77. The molecule has 0 saturated heterocycles. The quantitative estimate of drug-likeness (QED) is 0.680. The zero-order chi connectivity index (χ0) is 19.4. The number of rotatable bonds is 6. The molecule has 3 rings (SSSR count). The second-order valence-electron chi connectivity index (χ2n) is 5.82. The molecule has 1 N–H and O–H groups in total. The van der Waals surface area contributed by atoms with Crippen molar-refractivity contribution in [2.45, 2.75) is 13.0 Å². The fraction of sp³-hybridized carbons (Fsp3) is 0.200. The van der Waals surface area contributed by atoms with Crippen LogP contribution in [0.25, 0.3) is 10.6 Å². The van der Waals surface area contributed by atoms with Gasteiger partial charge in [-0.2, -0.15) is 0 Å². The van der Waals surface area contributed by atoms with E-state index in [1.165, 1.54) is 17.4 Å². The monoisotopic (exact) mass is 386 g/mol. The molecule has 1 atom stereocenters. The molecule has 7 heteroatoms. The second-order valence-corrected chi connectivity index (χ2v) is 6.68. The van der Waals surface area contributed by atoms with Crippen molar-refractivity contribution in [2.75, 3.05) is 14.2 Å². The zero-order valence-corrected chi connectivity index (χ0v) is 16.0. The number of nitrogens with zero attached hydrogens (tertiary/aromatic N) is 1. The van der Waals surface area contributed by atoms with Crippen molar-refractivity contribution in [2.24, 2.45) is 0 Å². The standard InChI is InChI=1S/C20H19FN2O3S/c1-12(14-6-4-5-7-15(14)21)22-19(24)16-11-27-20(23-16)13-8-9-17(25-2)18(10-13)26-3/h4-12H,1-3H3,(H,22,24). The van der Waals surface area contributed by atoms with Gasteiger partial charge in [0.25, 0.3) is 5.91 Å². The van der Waals surface area contributed by atoms with Crippen molar-refractivity contribution in [3.05, 3.63) is 64.9 Å². The zero-order valence-electron chi connectivity index (χ0n) is 15.2. The van der Waals surface area contributed by atoms with E-state index in [0.29, 0.717) is 22.1 Å². The lowest BCUT2D eigenvalue weighted by molar-refractivity contribution is 0.0935. The molecule has 5 nitrogen and oxygen atoms in total. The highest BCUT2D eigenvalue weighted by Gasteiger charge is 2.17. The number of hydrogen-bond donors (Lipinski definition) is 1. The number of halogens is 1. The Morgan fingerprint density at radius 3 is 2.59 bits per heavy atom. The van der Waals surface area contributed by atoms with Crippen LogP contribution in [0.15, 0.2) is 47.8 Å². The van der Waals surface area contributed by atoms with Gasteiger partial charge in [0, 0.05) is 16.5 Å². The number of carbonyl (C=O) groups excluding carboxylic acids is 1. The van der Waals surface area contributed by atoms with Crippen molar-refractivity contribution in [3.63, 3.8) is 0 Å². The van der Waals surface area contributed by atoms with Crippen molar-refractivity contribution >= 4 is 17.2 Å². The van der Waals surface area contributed by atoms with Gasteiger partial charge in [0.1, 0.15) is 16.5 Å². The van der Waals surface area contributed by atoms with Gasteiger partial charge in [0.2, 0.25) is 0 Å². The molecule has 0 bridgehead atoms. The van der Waals surface area contributed by atoms with Gasteiger partial charge in [0.05, 0.1) is 20.3 Å². The number of methoxy groups -OCH3 is 2. The van der Waals surface area contributed by atoms with Gasteiger partial charge < -0.3 is 14.8 Å². The molecule has 27 heavy (non-hydrogen) atoms. The summed E-state index contributed by atoms with van der Waals surface area (Å²) < 4.78 is 24.4. The van der Waals surface area contributed by atoms with Crippen LogP contribution >= 0.6 is 11.3 Å². The van der Waals surface area contributed by atoms with Crippen molar-refractivity contribution in [1.29, 1.82) is 0 Å². The molecule has 0 aliphatic rings. The first kappa shape index (κ1) is 18.8. The van der Waals surface area contributed by atoms with Crippen LogP contribution in [0.5, 0.6) is 11.5 Å². The van der Waals surface area contributed by atoms with E-state index in [1.807, 2.05) is 6.07 Å². The summed E-state index contributed by atoms with van der Waals surface area (Å²) in [6.45, 7) is 1.73. The van der Waals surface area contributed by atoms with Crippen LogP contribution in [0.2, 0.25) is 0 Å². The Hall–Kier alpha value is -2.93. The van der Waals surface area contributed by atoms with Crippen molar-refractivity contribution in [3.8, 4) is 22.1 Å². The highest BCUT2D eigenvalue weighted by Crippen LogP contribution is 2.33. The normalized spacial score (nSPS) is 11.7. The fourth-order valence-electron chi connectivity index (χ4n) is 2.65. The Morgan fingerprint density at radius 2 is 1.89 bits per heavy atom. The maximum Gasteiger partial charge on any atom is 0.271 e. The maximum atomic E-state index is 13.9.